The summed E-state index contributed by atoms with van der Waals surface area (Å²) >= 11 is 0. The van der Waals surface area contributed by atoms with Gasteiger partial charge in [-0.15, -0.1) is 0 Å². The van der Waals surface area contributed by atoms with Crippen molar-refractivity contribution in [2.75, 3.05) is 0 Å². The van der Waals surface area contributed by atoms with Gasteiger partial charge in [-0.05, 0) is 48.8 Å². The molecule has 0 radical (unpaired) electrons. The lowest BCUT2D eigenvalue weighted by Gasteiger charge is -2.13. The number of aryl methyl sites for hydroxylation is 2. The molecule has 1 fully saturated rings. The summed E-state index contributed by atoms with van der Waals surface area (Å²) in [5.74, 6) is 0. The highest BCUT2D eigenvalue weighted by molar-refractivity contribution is 5.74. The Balaban J connectivity index is 1.50. The van der Waals surface area contributed by atoms with Crippen molar-refractivity contribution in [2.24, 2.45) is 0 Å². The van der Waals surface area contributed by atoms with Gasteiger partial charge in [0.05, 0.1) is 0 Å². The minimum atomic E-state index is -0.0209. The zero-order valence-electron chi connectivity index (χ0n) is 11.4. The van der Waals surface area contributed by atoms with Gasteiger partial charge in [0.1, 0.15) is 0 Å². The van der Waals surface area contributed by atoms with E-state index < -0.39 is 0 Å². The smallest absolute Gasteiger partial charge is 0.315 e. The van der Waals surface area contributed by atoms with Crippen LogP contribution in [0.4, 0.5) is 4.79 Å². The highest BCUT2D eigenvalue weighted by Gasteiger charge is 2.17. The molecule has 0 spiro atoms. The van der Waals surface area contributed by atoms with Gasteiger partial charge in [0, 0.05) is 12.6 Å². The summed E-state index contributed by atoms with van der Waals surface area (Å²) in [5, 5.41) is 6.02. The van der Waals surface area contributed by atoms with Gasteiger partial charge in [-0.1, -0.05) is 31.0 Å². The minimum absolute atomic E-state index is 0.0209. The van der Waals surface area contributed by atoms with Crippen molar-refractivity contribution in [3.63, 3.8) is 0 Å². The molecule has 0 unspecified atom stereocenters. The standard InChI is InChI=1S/C16H22N2O/c19-16(18-15-6-1-2-7-15)17-11-12-8-9-13-4-3-5-14(13)10-12/h8-10,15H,1-7,11H2,(H2,17,18,19). The van der Waals surface area contributed by atoms with E-state index in [9.17, 15) is 4.79 Å². The number of benzene rings is 1. The molecule has 2 N–H and O–H groups in total. The first-order chi connectivity index (χ1) is 9.31. The van der Waals surface area contributed by atoms with Gasteiger partial charge < -0.3 is 10.6 Å². The van der Waals surface area contributed by atoms with E-state index in [1.54, 1.807) is 0 Å². The monoisotopic (exact) mass is 258 g/mol. The molecular weight excluding hydrogens is 236 g/mol. The van der Waals surface area contributed by atoms with Crippen molar-refractivity contribution in [3.05, 3.63) is 34.9 Å². The first-order valence-electron chi connectivity index (χ1n) is 7.46. The summed E-state index contributed by atoms with van der Waals surface area (Å²) in [7, 11) is 0. The van der Waals surface area contributed by atoms with E-state index in [1.165, 1.54) is 48.8 Å². The van der Waals surface area contributed by atoms with Crippen LogP contribution >= 0.6 is 0 Å². The lowest BCUT2D eigenvalue weighted by Crippen LogP contribution is -2.40. The van der Waals surface area contributed by atoms with Crippen LogP contribution in [0.3, 0.4) is 0 Å². The summed E-state index contributed by atoms with van der Waals surface area (Å²) in [4.78, 5) is 11.8. The number of rotatable bonds is 3. The Hall–Kier alpha value is -1.51. The van der Waals surface area contributed by atoms with Crippen molar-refractivity contribution in [1.29, 1.82) is 0 Å². The summed E-state index contributed by atoms with van der Waals surface area (Å²) in [6, 6.07) is 6.97. The fraction of sp³-hybridized carbons (Fsp3) is 0.562. The highest BCUT2D eigenvalue weighted by Crippen LogP contribution is 2.22. The molecule has 19 heavy (non-hydrogen) atoms. The molecule has 0 aliphatic heterocycles. The largest absolute Gasteiger partial charge is 0.335 e. The third-order valence-electron chi connectivity index (χ3n) is 4.31. The molecule has 3 nitrogen and oxygen atoms in total. The zero-order valence-corrected chi connectivity index (χ0v) is 11.4. The number of hydrogen-bond donors (Lipinski definition) is 2. The van der Waals surface area contributed by atoms with Gasteiger partial charge in [-0.3, -0.25) is 0 Å². The van der Waals surface area contributed by atoms with Crippen LogP contribution in [-0.2, 0) is 19.4 Å². The lowest BCUT2D eigenvalue weighted by molar-refractivity contribution is 0.236. The van der Waals surface area contributed by atoms with E-state index in [4.69, 9.17) is 0 Å². The quantitative estimate of drug-likeness (QED) is 0.860. The highest BCUT2D eigenvalue weighted by atomic mass is 16.2. The van der Waals surface area contributed by atoms with Gasteiger partial charge in [0.25, 0.3) is 0 Å². The molecule has 3 rings (SSSR count). The minimum Gasteiger partial charge on any atom is -0.335 e. The van der Waals surface area contributed by atoms with Gasteiger partial charge >= 0.3 is 6.03 Å². The van der Waals surface area contributed by atoms with E-state index in [2.05, 4.69) is 28.8 Å². The maximum atomic E-state index is 11.8. The van der Waals surface area contributed by atoms with E-state index in [1.807, 2.05) is 0 Å². The van der Waals surface area contributed by atoms with E-state index in [0.717, 1.165) is 12.8 Å². The molecule has 2 amide bonds. The maximum absolute atomic E-state index is 11.8. The Kier molecular flexibility index (Phi) is 3.72. The van der Waals surface area contributed by atoms with Crippen LogP contribution in [0.2, 0.25) is 0 Å². The van der Waals surface area contributed by atoms with Crippen LogP contribution in [0.25, 0.3) is 0 Å². The summed E-state index contributed by atoms with van der Waals surface area (Å²) in [6.45, 7) is 0.631. The third kappa shape index (κ3) is 3.09. The molecule has 102 valence electrons. The summed E-state index contributed by atoms with van der Waals surface area (Å²) < 4.78 is 0. The molecule has 0 heterocycles. The van der Waals surface area contributed by atoms with E-state index >= 15 is 0 Å². The van der Waals surface area contributed by atoms with Crippen LogP contribution in [0, 0.1) is 0 Å². The molecule has 0 saturated heterocycles. The average Bonchev–Trinajstić information content (AvgIpc) is 3.06. The van der Waals surface area contributed by atoms with Gasteiger partial charge in [0.2, 0.25) is 0 Å². The van der Waals surface area contributed by atoms with Crippen LogP contribution in [0.1, 0.15) is 48.8 Å². The number of nitrogens with one attached hydrogen (secondary N) is 2. The van der Waals surface area contributed by atoms with E-state index in [0.29, 0.717) is 12.6 Å². The normalized spacial score (nSPS) is 18.3. The first kappa shape index (κ1) is 12.5. The molecule has 0 aromatic heterocycles. The number of amides is 2. The second kappa shape index (κ2) is 5.64. The molecule has 3 heteroatoms. The van der Waals surface area contributed by atoms with E-state index in [-0.39, 0.29) is 6.03 Å². The molecule has 2 aliphatic carbocycles. The average molecular weight is 258 g/mol. The molecule has 1 saturated carbocycles. The van der Waals surface area contributed by atoms with Crippen molar-refractivity contribution < 1.29 is 4.79 Å². The van der Waals surface area contributed by atoms with Gasteiger partial charge in [-0.2, -0.15) is 0 Å². The topological polar surface area (TPSA) is 41.1 Å². The van der Waals surface area contributed by atoms with Crippen LogP contribution in [0.5, 0.6) is 0 Å². The maximum Gasteiger partial charge on any atom is 0.315 e. The number of carbonyl (C=O) groups is 1. The fourth-order valence-electron chi connectivity index (χ4n) is 3.22. The van der Waals surface area contributed by atoms with Gasteiger partial charge in [0.15, 0.2) is 0 Å². The first-order valence-corrected chi connectivity index (χ1v) is 7.46. The Morgan fingerprint density at radius 2 is 1.89 bits per heavy atom. The van der Waals surface area contributed by atoms with Crippen molar-refractivity contribution >= 4 is 6.03 Å². The second-order valence-corrected chi connectivity index (χ2v) is 5.77. The van der Waals surface area contributed by atoms with Crippen LogP contribution in [-0.4, -0.2) is 12.1 Å². The Bertz CT molecular complexity index is 464. The molecule has 1 aromatic carbocycles. The Morgan fingerprint density at radius 3 is 2.74 bits per heavy atom. The fourth-order valence-corrected chi connectivity index (χ4v) is 3.22. The molecule has 0 atom stereocenters. The second-order valence-electron chi connectivity index (χ2n) is 5.77. The van der Waals surface area contributed by atoms with Crippen LogP contribution < -0.4 is 10.6 Å². The summed E-state index contributed by atoms with van der Waals surface area (Å²) in [6.07, 6.45) is 8.43. The number of carbonyl (C=O) groups excluding carboxylic acids is 1. The van der Waals surface area contributed by atoms with Crippen molar-refractivity contribution in [1.82, 2.24) is 10.6 Å². The predicted molar refractivity (Wildman–Crippen MR) is 76.1 cm³/mol. The summed E-state index contributed by atoms with van der Waals surface area (Å²) in [5.41, 5.74) is 4.16. The van der Waals surface area contributed by atoms with Crippen molar-refractivity contribution in [3.8, 4) is 0 Å². The zero-order chi connectivity index (χ0) is 13.1. The SMILES string of the molecule is O=C(NCc1ccc2c(c1)CCC2)NC1CCCC1. The Morgan fingerprint density at radius 1 is 1.11 bits per heavy atom. The van der Waals surface area contributed by atoms with Crippen LogP contribution in [0.15, 0.2) is 18.2 Å². The molecule has 2 aliphatic rings. The third-order valence-corrected chi connectivity index (χ3v) is 4.31. The number of urea groups is 1. The molecule has 0 bridgehead atoms. The number of fused-ring (bicyclic) bond motifs is 1. The molecule has 1 aromatic rings. The van der Waals surface area contributed by atoms with Gasteiger partial charge in [-0.25, -0.2) is 4.79 Å². The predicted octanol–water partition coefficient (Wildman–Crippen LogP) is 2.92. The Labute approximate surface area is 114 Å². The van der Waals surface area contributed by atoms with Crippen molar-refractivity contribution in [2.45, 2.75) is 57.5 Å². The number of hydrogen-bond acceptors (Lipinski definition) is 1. The lowest BCUT2D eigenvalue weighted by atomic mass is 10.1. The molecular formula is C16H22N2O.